The maximum atomic E-state index is 5.68. The lowest BCUT2D eigenvalue weighted by molar-refractivity contribution is -0.405. The molecule has 0 aliphatic rings. The zero-order valence-electron chi connectivity index (χ0n) is 16.1. The van der Waals surface area contributed by atoms with E-state index in [2.05, 4.69) is 0 Å². The molecule has 0 aliphatic heterocycles. The molecule has 6 nitrogen and oxygen atoms in total. The van der Waals surface area contributed by atoms with Gasteiger partial charge in [0.15, 0.2) is 0 Å². The third-order valence-electron chi connectivity index (χ3n) is 2.03. The van der Waals surface area contributed by atoms with E-state index in [-0.39, 0.29) is 0 Å². The van der Waals surface area contributed by atoms with Crippen molar-refractivity contribution >= 4 is 24.6 Å². The van der Waals surface area contributed by atoms with Gasteiger partial charge in [0.05, 0.1) is 21.3 Å². The van der Waals surface area contributed by atoms with Gasteiger partial charge in [-0.15, -0.1) is 11.3 Å². The van der Waals surface area contributed by atoms with Crippen LogP contribution in [0.3, 0.4) is 0 Å². The number of rotatable bonds is 7. The topological polar surface area (TPSA) is 55.4 Å². The summed E-state index contributed by atoms with van der Waals surface area (Å²) >= 11 is 1.43. The first-order valence-corrected chi connectivity index (χ1v) is 10.5. The van der Waals surface area contributed by atoms with E-state index in [9.17, 15) is 0 Å². The van der Waals surface area contributed by atoms with Crippen molar-refractivity contribution in [3.05, 3.63) is 17.5 Å². The summed E-state index contributed by atoms with van der Waals surface area (Å²) in [5.41, 5.74) is -1.65. The molecule has 8 heteroatoms. The largest absolute Gasteiger partial charge is 0.631 e. The van der Waals surface area contributed by atoms with E-state index in [1.807, 2.05) is 79.8 Å². The van der Waals surface area contributed by atoms with Crippen LogP contribution in [0, 0.1) is 0 Å². The smallest absolute Gasteiger partial charge is 0.237 e. The van der Waals surface area contributed by atoms with Gasteiger partial charge in [0.2, 0.25) is 0 Å². The molecule has 140 valence electrons. The van der Waals surface area contributed by atoms with Gasteiger partial charge in [0.1, 0.15) is 0 Å². The van der Waals surface area contributed by atoms with Gasteiger partial charge >= 0.3 is 8.80 Å². The Morgan fingerprint density at radius 1 is 0.708 bits per heavy atom. The second kappa shape index (κ2) is 7.92. The van der Waals surface area contributed by atoms with Crippen LogP contribution >= 0.6 is 11.3 Å². The Morgan fingerprint density at radius 2 is 1.08 bits per heavy atom. The van der Waals surface area contributed by atoms with Crippen LogP contribution in [-0.2, 0) is 28.4 Å². The maximum Gasteiger partial charge on any atom is 0.631 e. The summed E-state index contributed by atoms with van der Waals surface area (Å²) in [4.78, 5) is 16.5. The molecule has 0 radical (unpaired) electrons. The molecule has 0 N–H and O–H groups in total. The predicted molar refractivity (Wildman–Crippen MR) is 95.5 cm³/mol. The summed E-state index contributed by atoms with van der Waals surface area (Å²) in [5, 5.41) is 1.90. The molecule has 0 fully saturated rings. The summed E-state index contributed by atoms with van der Waals surface area (Å²) in [6.07, 6.45) is 0. The van der Waals surface area contributed by atoms with E-state index in [4.69, 9.17) is 28.4 Å². The maximum absolute atomic E-state index is 5.68. The normalized spacial score (nSPS) is 14.2. The van der Waals surface area contributed by atoms with Gasteiger partial charge in [-0.05, 0) is 73.8 Å². The van der Waals surface area contributed by atoms with E-state index in [1.54, 1.807) is 0 Å². The van der Waals surface area contributed by atoms with Crippen LogP contribution in [0.2, 0.25) is 0 Å². The van der Waals surface area contributed by atoms with E-state index in [0.717, 1.165) is 4.50 Å². The Balaban J connectivity index is 3.10. The Bertz CT molecular complexity index is 439. The lowest BCUT2D eigenvalue weighted by atomic mass is 10.2. The second-order valence-corrected chi connectivity index (χ2v) is 11.8. The molecule has 0 saturated carbocycles. The Morgan fingerprint density at radius 3 is 1.33 bits per heavy atom. The van der Waals surface area contributed by atoms with Crippen molar-refractivity contribution in [2.75, 3.05) is 0 Å². The van der Waals surface area contributed by atoms with Crippen LogP contribution in [0.1, 0.15) is 62.3 Å². The fourth-order valence-electron chi connectivity index (χ4n) is 1.16. The van der Waals surface area contributed by atoms with Crippen LogP contribution in [0.15, 0.2) is 17.5 Å². The van der Waals surface area contributed by atoms with Crippen molar-refractivity contribution in [2.24, 2.45) is 0 Å². The fourth-order valence-corrected chi connectivity index (χ4v) is 4.41. The van der Waals surface area contributed by atoms with Gasteiger partial charge in [-0.25, -0.2) is 28.4 Å². The Labute approximate surface area is 150 Å². The Kier molecular flexibility index (Phi) is 7.17. The molecular formula is C16H30O6SSi. The van der Waals surface area contributed by atoms with Crippen LogP contribution < -0.4 is 4.50 Å². The van der Waals surface area contributed by atoms with Crippen LogP contribution in [0.5, 0.6) is 0 Å². The Hall–Kier alpha value is -0.323. The summed E-state index contributed by atoms with van der Waals surface area (Å²) in [6, 6.07) is 3.73. The third kappa shape index (κ3) is 8.17. The molecule has 0 spiro atoms. The highest BCUT2D eigenvalue weighted by Crippen LogP contribution is 2.23. The highest BCUT2D eigenvalue weighted by molar-refractivity contribution is 7.22. The summed E-state index contributed by atoms with van der Waals surface area (Å²) in [6.45, 7) is 16.8. The van der Waals surface area contributed by atoms with Gasteiger partial charge in [0, 0.05) is 0 Å². The van der Waals surface area contributed by atoms with Crippen molar-refractivity contribution in [1.29, 1.82) is 0 Å². The van der Waals surface area contributed by atoms with E-state index < -0.39 is 25.6 Å². The molecule has 24 heavy (non-hydrogen) atoms. The summed E-state index contributed by atoms with van der Waals surface area (Å²) in [5.74, 6) is 0. The average molecular weight is 379 g/mol. The van der Waals surface area contributed by atoms with Crippen molar-refractivity contribution < 1.29 is 28.4 Å². The first-order chi connectivity index (χ1) is 10.7. The fraction of sp³-hybridized carbons (Fsp3) is 0.750. The van der Waals surface area contributed by atoms with E-state index >= 15 is 0 Å². The number of hydrogen-bond acceptors (Lipinski definition) is 7. The average Bonchev–Trinajstić information content (AvgIpc) is 2.89. The summed E-state index contributed by atoms with van der Waals surface area (Å²) in [7, 11) is -3.60. The molecule has 0 aromatic carbocycles. The molecule has 1 aromatic heterocycles. The van der Waals surface area contributed by atoms with Gasteiger partial charge in [-0.1, -0.05) is 6.07 Å². The minimum absolute atomic E-state index is 0.550. The standard InChI is InChI=1S/C16H30O6SSi/c1-14(2,3)17-20-24(13-11-10-12-23-13,21-18-15(4,5)6)22-19-16(7,8)9/h10-12H,1-9H3. The first kappa shape index (κ1) is 21.7. The SMILES string of the molecule is CC(C)(C)OO[Si](OOC(C)(C)C)(OOC(C)(C)C)c1cccs1. The van der Waals surface area contributed by atoms with E-state index in [0.29, 0.717) is 0 Å². The van der Waals surface area contributed by atoms with Crippen molar-refractivity contribution in [1.82, 2.24) is 0 Å². The second-order valence-electron chi connectivity index (χ2n) is 8.37. The lowest BCUT2D eigenvalue weighted by Gasteiger charge is -2.32. The number of thiophene rings is 1. The lowest BCUT2D eigenvalue weighted by Crippen LogP contribution is -2.58. The predicted octanol–water partition coefficient (Wildman–Crippen LogP) is 4.13. The molecule has 0 bridgehead atoms. The first-order valence-electron chi connectivity index (χ1n) is 7.87. The minimum Gasteiger partial charge on any atom is -0.237 e. The molecule has 0 amide bonds. The van der Waals surface area contributed by atoms with Crippen LogP contribution in [0.4, 0.5) is 0 Å². The highest BCUT2D eigenvalue weighted by Gasteiger charge is 2.53. The zero-order chi connectivity index (χ0) is 18.6. The van der Waals surface area contributed by atoms with Gasteiger partial charge in [0.25, 0.3) is 0 Å². The van der Waals surface area contributed by atoms with Crippen LogP contribution in [-0.4, -0.2) is 25.6 Å². The molecule has 1 rings (SSSR count). The summed E-state index contributed by atoms with van der Waals surface area (Å²) < 4.78 is 17.8. The minimum atomic E-state index is -3.60. The number of hydrogen-bond donors (Lipinski definition) is 0. The van der Waals surface area contributed by atoms with Crippen molar-refractivity contribution in [3.63, 3.8) is 0 Å². The molecule has 0 aliphatic carbocycles. The molecule has 1 aromatic rings. The zero-order valence-corrected chi connectivity index (χ0v) is 17.9. The van der Waals surface area contributed by atoms with Crippen LogP contribution in [0.25, 0.3) is 0 Å². The molecule has 0 atom stereocenters. The van der Waals surface area contributed by atoms with Gasteiger partial charge in [-0.3, -0.25) is 0 Å². The molecule has 1 heterocycles. The van der Waals surface area contributed by atoms with Gasteiger partial charge in [-0.2, -0.15) is 0 Å². The van der Waals surface area contributed by atoms with Gasteiger partial charge < -0.3 is 0 Å². The monoisotopic (exact) mass is 378 g/mol. The van der Waals surface area contributed by atoms with Crippen molar-refractivity contribution in [3.8, 4) is 0 Å². The third-order valence-corrected chi connectivity index (χ3v) is 5.49. The molecule has 0 saturated heterocycles. The highest BCUT2D eigenvalue weighted by atomic mass is 32.1. The van der Waals surface area contributed by atoms with E-state index in [1.165, 1.54) is 11.3 Å². The quantitative estimate of drug-likeness (QED) is 0.404. The molecule has 0 unspecified atom stereocenters. The van der Waals surface area contributed by atoms with Crippen molar-refractivity contribution in [2.45, 2.75) is 79.1 Å². The molecular weight excluding hydrogens is 348 g/mol.